The molecular weight excluding hydrogens is 533 g/mol. The summed E-state index contributed by atoms with van der Waals surface area (Å²) in [6, 6.07) is 8.83. The van der Waals surface area contributed by atoms with E-state index in [1.807, 2.05) is 6.07 Å². The Bertz CT molecular complexity index is 1400. The van der Waals surface area contributed by atoms with Gasteiger partial charge < -0.3 is 9.47 Å². The van der Waals surface area contributed by atoms with Crippen molar-refractivity contribution in [3.05, 3.63) is 78.9 Å². The Kier molecular flexibility index (Phi) is 10.6. The van der Waals surface area contributed by atoms with Crippen molar-refractivity contribution >= 4 is 13.7 Å². The zero-order chi connectivity index (χ0) is 28.4. The van der Waals surface area contributed by atoms with Gasteiger partial charge >= 0.3 is 19.4 Å². The number of H-pyrrole nitrogens is 1. The lowest BCUT2D eigenvalue weighted by Gasteiger charge is -2.25. The number of benzene rings is 1. The smallest absolute Gasteiger partial charge is 0.406 e. The van der Waals surface area contributed by atoms with Crippen LogP contribution in [0.1, 0.15) is 30.2 Å². The molecule has 0 saturated carbocycles. The number of hydrogen-bond acceptors (Lipinski definition) is 10. The molecule has 16 heteroatoms. The third-order valence-corrected chi connectivity index (χ3v) is 7.47. The Labute approximate surface area is 222 Å². The van der Waals surface area contributed by atoms with Crippen LogP contribution in [0.15, 0.2) is 51.2 Å². The summed E-state index contributed by atoms with van der Waals surface area (Å²) in [6.45, 7) is 0.830. The van der Waals surface area contributed by atoms with Gasteiger partial charge in [0.1, 0.15) is 12.3 Å². The molecule has 15 nitrogen and oxygen atoms in total. The molecular formula is C23H28N7O8P. The third-order valence-electron chi connectivity index (χ3n) is 5.83. The number of aromatic nitrogens is 2. The van der Waals surface area contributed by atoms with Gasteiger partial charge in [-0.1, -0.05) is 35.4 Å². The minimum Gasteiger partial charge on any atom is -0.468 e. The van der Waals surface area contributed by atoms with Gasteiger partial charge in [0.05, 0.1) is 45.0 Å². The number of aromatic amines is 1. The molecule has 0 bridgehead atoms. The summed E-state index contributed by atoms with van der Waals surface area (Å²) in [5.41, 5.74) is 8.78. The van der Waals surface area contributed by atoms with E-state index in [0.29, 0.717) is 0 Å². The fourth-order valence-electron chi connectivity index (χ4n) is 3.88. The largest absolute Gasteiger partial charge is 0.468 e. The van der Waals surface area contributed by atoms with Gasteiger partial charge in [0, 0.05) is 23.1 Å². The zero-order valence-electron chi connectivity index (χ0n) is 21.3. The summed E-state index contributed by atoms with van der Waals surface area (Å²) < 4.78 is 36.6. The van der Waals surface area contributed by atoms with E-state index in [9.17, 15) is 18.9 Å². The lowest BCUT2D eigenvalue weighted by Crippen LogP contribution is -2.39. The van der Waals surface area contributed by atoms with Gasteiger partial charge in [-0.3, -0.25) is 28.2 Å². The highest BCUT2D eigenvalue weighted by molar-refractivity contribution is 7.51. The standard InChI is InChI=1S/C23H28N7O8P/c1-15-13-30(23(33)26-21(15)31)20-12-17(27-29-25)19(38-20)14-37-39(34,36-10-6-9-24)28-18(22(32)35-2)11-16-7-4-3-5-8-16/h3-5,7-8,13,17-20H,6,10-12,14H2,1-2H3,(H,28,34)(H,26,31,33)/t17-,18?,19+,20+,39?/m1/s1. The molecule has 5 atom stereocenters. The van der Waals surface area contributed by atoms with Crippen molar-refractivity contribution in [1.29, 1.82) is 5.26 Å². The van der Waals surface area contributed by atoms with E-state index in [-0.39, 0.29) is 31.4 Å². The molecule has 2 aromatic rings. The number of esters is 1. The Morgan fingerprint density at radius 3 is 2.79 bits per heavy atom. The fraction of sp³-hybridized carbons (Fsp3) is 0.478. The molecule has 3 rings (SSSR count). The number of nitrogens with one attached hydrogen (secondary N) is 2. The average Bonchev–Trinajstić information content (AvgIpc) is 3.32. The average molecular weight is 561 g/mol. The molecule has 0 aliphatic carbocycles. The number of hydrogen-bond donors (Lipinski definition) is 2. The van der Waals surface area contributed by atoms with Gasteiger partial charge in [-0.2, -0.15) is 5.26 Å². The van der Waals surface area contributed by atoms with E-state index in [2.05, 4.69) is 20.1 Å². The normalized spacial score (nSPS) is 20.8. The quantitative estimate of drug-likeness (QED) is 0.0909. The summed E-state index contributed by atoms with van der Waals surface area (Å²) >= 11 is 0. The maximum Gasteiger partial charge on any atom is 0.406 e. The van der Waals surface area contributed by atoms with Gasteiger partial charge in [-0.05, 0) is 24.4 Å². The van der Waals surface area contributed by atoms with Crippen LogP contribution in [0.25, 0.3) is 10.4 Å². The van der Waals surface area contributed by atoms with Gasteiger partial charge in [-0.25, -0.2) is 14.4 Å². The maximum atomic E-state index is 13.7. The molecule has 0 amide bonds. The van der Waals surface area contributed by atoms with Crippen molar-refractivity contribution in [2.75, 3.05) is 20.3 Å². The van der Waals surface area contributed by atoms with Gasteiger partial charge in [-0.15, -0.1) is 0 Å². The lowest BCUT2D eigenvalue weighted by molar-refractivity contribution is -0.142. The van der Waals surface area contributed by atoms with Crippen LogP contribution >= 0.6 is 7.75 Å². The number of aryl methyl sites for hydroxylation is 1. The van der Waals surface area contributed by atoms with Crippen LogP contribution < -0.4 is 16.3 Å². The number of rotatable bonds is 13. The van der Waals surface area contributed by atoms with Gasteiger partial charge in [0.15, 0.2) is 0 Å². The summed E-state index contributed by atoms with van der Waals surface area (Å²) in [7, 11) is -3.07. The molecule has 0 radical (unpaired) electrons. The number of ether oxygens (including phenoxy) is 2. The number of carbonyl (C=O) groups is 1. The highest BCUT2D eigenvalue weighted by Gasteiger charge is 2.40. The first-order valence-electron chi connectivity index (χ1n) is 11.9. The first kappa shape index (κ1) is 29.8. The van der Waals surface area contributed by atoms with Crippen LogP contribution in [0.4, 0.5) is 0 Å². The summed E-state index contributed by atoms with van der Waals surface area (Å²) in [4.78, 5) is 41.6. The van der Waals surface area contributed by atoms with E-state index < -0.39 is 56.0 Å². The van der Waals surface area contributed by atoms with Crippen molar-refractivity contribution in [1.82, 2.24) is 14.6 Å². The van der Waals surface area contributed by atoms with Gasteiger partial charge in [0.25, 0.3) is 5.56 Å². The topological polar surface area (TPSA) is 210 Å². The van der Waals surface area contributed by atoms with Gasteiger partial charge in [0.2, 0.25) is 0 Å². The zero-order valence-corrected chi connectivity index (χ0v) is 22.2. The minimum atomic E-state index is -4.26. The first-order valence-corrected chi connectivity index (χ1v) is 13.4. The van der Waals surface area contributed by atoms with Crippen molar-refractivity contribution in [2.24, 2.45) is 5.11 Å². The SMILES string of the molecule is COC(=O)C(Cc1ccccc1)NP(=O)(OCCC#N)OC[C@@H]1O[C@H](n2cc(C)c(=O)[nH]c2=O)C[C@H]1N=[N+]=[N-]. The molecule has 1 aliphatic heterocycles. The van der Waals surface area contributed by atoms with E-state index in [1.54, 1.807) is 30.3 Å². The number of azide groups is 1. The Morgan fingerprint density at radius 2 is 2.13 bits per heavy atom. The molecule has 1 saturated heterocycles. The highest BCUT2D eigenvalue weighted by Crippen LogP contribution is 2.46. The maximum absolute atomic E-state index is 13.7. The first-order chi connectivity index (χ1) is 18.7. The number of methoxy groups -OCH3 is 1. The lowest BCUT2D eigenvalue weighted by atomic mass is 10.1. The van der Waals surface area contributed by atoms with E-state index in [4.69, 9.17) is 29.3 Å². The van der Waals surface area contributed by atoms with Crippen LogP contribution in [0.3, 0.4) is 0 Å². The Hall–Kier alpha value is -3.76. The fourth-order valence-corrected chi connectivity index (χ4v) is 5.36. The van der Waals surface area contributed by atoms with Crippen molar-refractivity contribution in [2.45, 2.75) is 50.6 Å². The predicted molar refractivity (Wildman–Crippen MR) is 136 cm³/mol. The molecule has 1 aliphatic rings. The third kappa shape index (κ3) is 8.11. The Morgan fingerprint density at radius 1 is 1.38 bits per heavy atom. The number of carbonyl (C=O) groups excluding carboxylic acids is 1. The molecule has 208 valence electrons. The molecule has 2 N–H and O–H groups in total. The second-order valence-corrected chi connectivity index (χ2v) is 10.3. The van der Waals surface area contributed by atoms with Crippen LogP contribution in [-0.4, -0.2) is 54.0 Å². The minimum absolute atomic E-state index is 0.0648. The number of nitrogens with zero attached hydrogens (tertiary/aromatic N) is 5. The highest BCUT2D eigenvalue weighted by atomic mass is 31.2. The van der Waals surface area contributed by atoms with E-state index in [0.717, 1.165) is 10.1 Å². The van der Waals surface area contributed by atoms with Crippen LogP contribution in [-0.2, 0) is 34.3 Å². The van der Waals surface area contributed by atoms with Crippen molar-refractivity contribution in [3.8, 4) is 6.07 Å². The van der Waals surface area contributed by atoms with E-state index >= 15 is 0 Å². The van der Waals surface area contributed by atoms with Crippen molar-refractivity contribution in [3.63, 3.8) is 0 Å². The van der Waals surface area contributed by atoms with Crippen molar-refractivity contribution < 1.29 is 27.9 Å². The molecule has 1 aromatic heterocycles. The summed E-state index contributed by atoms with van der Waals surface area (Å²) in [6.07, 6.45) is -0.496. The molecule has 1 aromatic carbocycles. The molecule has 2 heterocycles. The monoisotopic (exact) mass is 561 g/mol. The molecule has 1 fully saturated rings. The molecule has 2 unspecified atom stereocenters. The van der Waals surface area contributed by atoms with Crippen LogP contribution in [0.5, 0.6) is 0 Å². The predicted octanol–water partition coefficient (Wildman–Crippen LogP) is 2.24. The number of nitriles is 1. The molecule has 39 heavy (non-hydrogen) atoms. The second-order valence-electron chi connectivity index (χ2n) is 8.54. The second kappa shape index (κ2) is 13.9. The summed E-state index contributed by atoms with van der Waals surface area (Å²) in [5.74, 6) is -0.719. The summed E-state index contributed by atoms with van der Waals surface area (Å²) in [5, 5.41) is 15.2. The Balaban J connectivity index is 1.81. The van der Waals surface area contributed by atoms with E-state index in [1.165, 1.54) is 20.2 Å². The molecule has 0 spiro atoms. The van der Waals surface area contributed by atoms with Crippen LogP contribution in [0, 0.1) is 18.3 Å². The van der Waals surface area contributed by atoms with Crippen LogP contribution in [0.2, 0.25) is 0 Å².